The molecule has 2 amide bonds. The van der Waals surface area contributed by atoms with Crippen LogP contribution in [0.15, 0.2) is 12.4 Å². The van der Waals surface area contributed by atoms with Crippen LogP contribution >= 0.6 is 11.6 Å². The Balaban J connectivity index is 1.77. The first-order valence-corrected chi connectivity index (χ1v) is 9.63. The van der Waals surface area contributed by atoms with E-state index in [1.807, 2.05) is 0 Å². The summed E-state index contributed by atoms with van der Waals surface area (Å²) in [5, 5.41) is 1.65. The molecule has 1 aromatic rings. The minimum Gasteiger partial charge on any atom is -0.443 e. The molecule has 0 saturated heterocycles. The molecule has 8 nitrogen and oxygen atoms in total. The molecule has 28 heavy (non-hydrogen) atoms. The molecule has 4 rings (SSSR count). The molecular formula is C19H27ClN4O4. The van der Waals surface area contributed by atoms with E-state index in [4.69, 9.17) is 21.1 Å². The second kappa shape index (κ2) is 6.47. The Morgan fingerprint density at radius 2 is 1.57 bits per heavy atom. The number of hydrogen-bond donors (Lipinski definition) is 1. The number of carbonyl (C=O) groups is 2. The van der Waals surface area contributed by atoms with E-state index < -0.39 is 28.9 Å². The van der Waals surface area contributed by atoms with Gasteiger partial charge >= 0.3 is 12.2 Å². The minimum absolute atomic E-state index is 0.221. The Morgan fingerprint density at radius 3 is 2.07 bits per heavy atom. The van der Waals surface area contributed by atoms with Crippen molar-refractivity contribution in [3.63, 3.8) is 0 Å². The van der Waals surface area contributed by atoms with E-state index in [-0.39, 0.29) is 5.41 Å². The van der Waals surface area contributed by atoms with Gasteiger partial charge in [-0.1, -0.05) is 11.6 Å². The van der Waals surface area contributed by atoms with Gasteiger partial charge < -0.3 is 9.47 Å². The topological polar surface area (TPSA) is 93.7 Å². The van der Waals surface area contributed by atoms with E-state index >= 15 is 0 Å². The largest absolute Gasteiger partial charge is 0.443 e. The first kappa shape index (κ1) is 20.6. The molecule has 0 aromatic carbocycles. The lowest BCUT2D eigenvalue weighted by Crippen LogP contribution is -2.80. The third-order valence-corrected chi connectivity index (χ3v) is 5.09. The second-order valence-electron chi connectivity index (χ2n) is 9.66. The second-order valence-corrected chi connectivity index (χ2v) is 10.0. The molecule has 9 heteroatoms. The molecule has 0 spiro atoms. The third-order valence-electron chi connectivity index (χ3n) is 4.81. The maximum Gasteiger partial charge on any atom is 0.429 e. The molecule has 3 aliphatic carbocycles. The third kappa shape index (κ3) is 3.87. The van der Waals surface area contributed by atoms with Crippen molar-refractivity contribution in [1.82, 2.24) is 20.4 Å². The summed E-state index contributed by atoms with van der Waals surface area (Å²) in [4.78, 5) is 33.6. The van der Waals surface area contributed by atoms with Crippen molar-refractivity contribution in [2.45, 2.75) is 83.0 Å². The Hall–Kier alpha value is -2.09. The zero-order chi connectivity index (χ0) is 21.0. The standard InChI is InChI=1S/C19H27ClN4O4/c1-16(2,3)27-14(25)23-24(15(26)28-17(4,5)6)19-9-18(10-19,11-19)12-13(20)22-8-7-21-12/h7-8H,9-11H2,1-6H3,(H,23,25). The van der Waals surface area contributed by atoms with Crippen LogP contribution in [0.4, 0.5) is 9.59 Å². The van der Waals surface area contributed by atoms with E-state index in [9.17, 15) is 9.59 Å². The van der Waals surface area contributed by atoms with E-state index in [1.165, 1.54) is 5.01 Å². The molecule has 2 bridgehead atoms. The average molecular weight is 411 g/mol. The van der Waals surface area contributed by atoms with Crippen molar-refractivity contribution in [3.8, 4) is 0 Å². The van der Waals surface area contributed by atoms with Gasteiger partial charge in [-0.05, 0) is 60.8 Å². The number of halogens is 1. The molecule has 1 N–H and O–H groups in total. The molecule has 0 aliphatic heterocycles. The van der Waals surface area contributed by atoms with Gasteiger partial charge in [0, 0.05) is 17.8 Å². The smallest absolute Gasteiger partial charge is 0.429 e. The average Bonchev–Trinajstić information content (AvgIpc) is 2.41. The van der Waals surface area contributed by atoms with Crippen LogP contribution in [0.3, 0.4) is 0 Å². The van der Waals surface area contributed by atoms with Gasteiger partial charge in [0.05, 0.1) is 11.2 Å². The van der Waals surface area contributed by atoms with Crippen LogP contribution in [0.2, 0.25) is 5.15 Å². The number of ether oxygens (including phenoxy) is 2. The van der Waals surface area contributed by atoms with Crippen LogP contribution in [-0.4, -0.2) is 43.9 Å². The summed E-state index contributed by atoms with van der Waals surface area (Å²) in [6, 6.07) is 0. The molecule has 1 heterocycles. The Morgan fingerprint density at radius 1 is 1.04 bits per heavy atom. The SMILES string of the molecule is CC(C)(C)OC(=O)NN(C(=O)OC(C)(C)C)C12CC(c3nccnc3Cl)(C1)C2. The van der Waals surface area contributed by atoms with E-state index in [1.54, 1.807) is 53.9 Å². The zero-order valence-electron chi connectivity index (χ0n) is 17.1. The molecule has 154 valence electrons. The Kier molecular flexibility index (Phi) is 4.77. The molecule has 3 aliphatic rings. The number of rotatable bonds is 2. The van der Waals surface area contributed by atoms with Crippen molar-refractivity contribution in [2.24, 2.45) is 0 Å². The molecule has 0 radical (unpaired) electrons. The van der Waals surface area contributed by atoms with Crippen molar-refractivity contribution in [3.05, 3.63) is 23.2 Å². The first-order chi connectivity index (χ1) is 12.8. The van der Waals surface area contributed by atoms with Crippen LogP contribution in [0.1, 0.15) is 66.5 Å². The minimum atomic E-state index is -0.699. The van der Waals surface area contributed by atoms with Crippen LogP contribution in [0.5, 0.6) is 0 Å². The number of nitrogens with zero attached hydrogens (tertiary/aromatic N) is 3. The first-order valence-electron chi connectivity index (χ1n) is 9.25. The summed E-state index contributed by atoms with van der Waals surface area (Å²) in [6.45, 7) is 10.6. The lowest BCUT2D eigenvalue weighted by atomic mass is 9.38. The maximum atomic E-state index is 12.8. The predicted octanol–water partition coefficient (Wildman–Crippen LogP) is 3.98. The fraction of sp³-hybridized carbons (Fsp3) is 0.684. The molecule has 1 aromatic heterocycles. The van der Waals surface area contributed by atoms with E-state index in [2.05, 4.69) is 15.4 Å². The molecular weight excluding hydrogens is 384 g/mol. The van der Waals surface area contributed by atoms with Gasteiger partial charge in [-0.15, -0.1) is 0 Å². The van der Waals surface area contributed by atoms with Crippen molar-refractivity contribution >= 4 is 23.8 Å². The monoisotopic (exact) mass is 410 g/mol. The van der Waals surface area contributed by atoms with Gasteiger partial charge in [0.2, 0.25) is 0 Å². The van der Waals surface area contributed by atoms with Gasteiger partial charge in [-0.3, -0.25) is 4.98 Å². The number of hydrazine groups is 1. The van der Waals surface area contributed by atoms with Gasteiger partial charge in [0.1, 0.15) is 11.2 Å². The van der Waals surface area contributed by atoms with E-state index in [0.717, 1.165) is 5.69 Å². The normalized spacial score (nSPS) is 25.8. The highest BCUT2D eigenvalue weighted by Gasteiger charge is 2.74. The highest BCUT2D eigenvalue weighted by molar-refractivity contribution is 6.30. The zero-order valence-corrected chi connectivity index (χ0v) is 17.9. The highest BCUT2D eigenvalue weighted by atomic mass is 35.5. The van der Waals surface area contributed by atoms with Gasteiger partial charge in [-0.25, -0.2) is 25.0 Å². The quantitative estimate of drug-likeness (QED) is 0.741. The fourth-order valence-electron chi connectivity index (χ4n) is 3.96. The number of amides is 2. The Bertz CT molecular complexity index is 780. The number of hydrogen-bond acceptors (Lipinski definition) is 6. The highest BCUT2D eigenvalue weighted by Crippen LogP contribution is 2.70. The lowest BCUT2D eigenvalue weighted by molar-refractivity contribution is -0.179. The van der Waals surface area contributed by atoms with Crippen LogP contribution in [0, 0.1) is 0 Å². The molecule has 0 unspecified atom stereocenters. The summed E-state index contributed by atoms with van der Waals surface area (Å²) < 4.78 is 10.8. The van der Waals surface area contributed by atoms with Crippen LogP contribution in [0.25, 0.3) is 0 Å². The van der Waals surface area contributed by atoms with Gasteiger partial charge in [0.25, 0.3) is 0 Å². The Labute approximate surface area is 169 Å². The maximum absolute atomic E-state index is 12.8. The van der Waals surface area contributed by atoms with Gasteiger partial charge in [0.15, 0.2) is 5.15 Å². The number of aromatic nitrogens is 2. The lowest BCUT2D eigenvalue weighted by Gasteiger charge is -2.72. The van der Waals surface area contributed by atoms with Crippen molar-refractivity contribution in [2.75, 3.05) is 0 Å². The van der Waals surface area contributed by atoms with Gasteiger partial charge in [-0.2, -0.15) is 0 Å². The molecule has 0 atom stereocenters. The van der Waals surface area contributed by atoms with Crippen LogP contribution < -0.4 is 5.43 Å². The van der Waals surface area contributed by atoms with Crippen LogP contribution in [-0.2, 0) is 14.9 Å². The summed E-state index contributed by atoms with van der Waals surface area (Å²) in [6.07, 6.45) is 3.70. The van der Waals surface area contributed by atoms with E-state index in [0.29, 0.717) is 24.4 Å². The number of carbonyl (C=O) groups excluding carboxylic acids is 2. The van der Waals surface area contributed by atoms with Crippen molar-refractivity contribution < 1.29 is 19.1 Å². The summed E-state index contributed by atoms with van der Waals surface area (Å²) in [5.41, 5.74) is 1.18. The summed E-state index contributed by atoms with van der Waals surface area (Å²) in [7, 11) is 0. The fourth-order valence-corrected chi connectivity index (χ4v) is 4.26. The predicted molar refractivity (Wildman–Crippen MR) is 103 cm³/mol. The van der Waals surface area contributed by atoms with Crippen molar-refractivity contribution in [1.29, 1.82) is 0 Å². The molecule has 3 saturated carbocycles. The molecule has 3 fully saturated rings. The summed E-state index contributed by atoms with van der Waals surface area (Å²) in [5.74, 6) is 0. The summed E-state index contributed by atoms with van der Waals surface area (Å²) >= 11 is 6.21. The number of nitrogens with one attached hydrogen (secondary N) is 1.